The lowest BCUT2D eigenvalue weighted by molar-refractivity contribution is 1.32. The molecule has 33 heavy (non-hydrogen) atoms. The number of hydrogen-bond donors (Lipinski definition) is 0. The van der Waals surface area contributed by atoms with Crippen molar-refractivity contribution in [2.75, 3.05) is 0 Å². The fourth-order valence-electron chi connectivity index (χ4n) is 2.98. The first-order valence-corrected chi connectivity index (χ1v) is 11.0. The number of allylic oxidation sites excluding steroid dienone is 7. The average molecular weight is 437 g/mol. The van der Waals surface area contributed by atoms with Crippen LogP contribution in [0.3, 0.4) is 0 Å². The van der Waals surface area contributed by atoms with Gasteiger partial charge in [-0.1, -0.05) is 54.2 Å². The van der Waals surface area contributed by atoms with Gasteiger partial charge in [-0.25, -0.2) is 0 Å². The van der Waals surface area contributed by atoms with Gasteiger partial charge in [-0.2, -0.15) is 0 Å². The number of benzene rings is 1. The maximum Gasteiger partial charge on any atom is 0.0346 e. The molecule has 3 rings (SSSR count). The van der Waals surface area contributed by atoms with Crippen molar-refractivity contribution in [2.24, 2.45) is 0 Å². The predicted molar refractivity (Wildman–Crippen MR) is 147 cm³/mol. The first-order valence-electron chi connectivity index (χ1n) is 11.0. The van der Waals surface area contributed by atoms with E-state index < -0.39 is 0 Å². The lowest BCUT2D eigenvalue weighted by Gasteiger charge is -2.12. The largest absolute Gasteiger partial charge is 0.264 e. The van der Waals surface area contributed by atoms with Gasteiger partial charge in [-0.3, -0.25) is 9.97 Å². The van der Waals surface area contributed by atoms with Crippen LogP contribution in [0.5, 0.6) is 0 Å². The molecule has 0 N–H and O–H groups in total. The van der Waals surface area contributed by atoms with E-state index in [1.165, 1.54) is 5.57 Å². The summed E-state index contributed by atoms with van der Waals surface area (Å²) in [6, 6.07) is 14.7. The number of hydrogen-bond acceptors (Lipinski definition) is 2. The summed E-state index contributed by atoms with van der Waals surface area (Å²) in [6.07, 6.45) is 15.2. The Morgan fingerprint density at radius 3 is 1.52 bits per heavy atom. The van der Waals surface area contributed by atoms with Crippen LogP contribution in [0.2, 0.25) is 0 Å². The molecule has 0 unspecified atom stereocenters. The minimum atomic E-state index is 1.03. The molecule has 0 saturated heterocycles. The molecule has 0 amide bonds. The Morgan fingerprint density at radius 2 is 1.18 bits per heavy atom. The molecule has 2 nitrogen and oxygen atoms in total. The van der Waals surface area contributed by atoms with Crippen molar-refractivity contribution in [1.82, 2.24) is 9.97 Å². The van der Waals surface area contributed by atoms with Gasteiger partial charge in [0.2, 0.25) is 0 Å². The van der Waals surface area contributed by atoms with Crippen LogP contribution >= 0.6 is 0 Å². The molecule has 2 heterocycles. The van der Waals surface area contributed by atoms with Crippen molar-refractivity contribution < 1.29 is 0 Å². The molecule has 0 spiro atoms. The van der Waals surface area contributed by atoms with E-state index in [-0.39, 0.29) is 0 Å². The van der Waals surface area contributed by atoms with Crippen molar-refractivity contribution in [3.63, 3.8) is 0 Å². The second kappa shape index (κ2) is 15.1. The quantitative estimate of drug-likeness (QED) is 0.294. The number of pyridine rings is 2. The Bertz CT molecular complexity index is 1020. The maximum atomic E-state index is 4.28. The van der Waals surface area contributed by atoms with Crippen LogP contribution in [-0.4, -0.2) is 9.97 Å². The van der Waals surface area contributed by atoms with E-state index in [0.717, 1.165) is 39.0 Å². The van der Waals surface area contributed by atoms with Gasteiger partial charge in [-0.15, -0.1) is 13.2 Å². The van der Waals surface area contributed by atoms with Crippen LogP contribution in [-0.2, 0) is 0 Å². The third kappa shape index (κ3) is 9.92. The Morgan fingerprint density at radius 1 is 0.727 bits per heavy atom. The highest BCUT2D eigenvalue weighted by Gasteiger charge is 2.08. The van der Waals surface area contributed by atoms with E-state index in [1.807, 2.05) is 45.3 Å². The highest BCUT2D eigenvalue weighted by molar-refractivity contribution is 5.84. The molecule has 1 aromatic carbocycles. The molecule has 2 heteroatoms. The first kappa shape index (κ1) is 27.3. The molecule has 0 bridgehead atoms. The summed E-state index contributed by atoms with van der Waals surface area (Å²) >= 11 is 0. The van der Waals surface area contributed by atoms with Crippen LogP contribution in [0.4, 0.5) is 0 Å². The van der Waals surface area contributed by atoms with Gasteiger partial charge in [0.15, 0.2) is 0 Å². The topological polar surface area (TPSA) is 25.8 Å². The summed E-state index contributed by atoms with van der Waals surface area (Å²) in [5, 5.41) is 0. The Kier molecular flexibility index (Phi) is 12.5. The summed E-state index contributed by atoms with van der Waals surface area (Å²) < 4.78 is 0. The Balaban J connectivity index is 0.000000819. The summed E-state index contributed by atoms with van der Waals surface area (Å²) in [6.45, 7) is 20.8. The van der Waals surface area contributed by atoms with Crippen molar-refractivity contribution in [1.29, 1.82) is 0 Å². The smallest absolute Gasteiger partial charge is 0.0346 e. The van der Waals surface area contributed by atoms with E-state index >= 15 is 0 Å². The van der Waals surface area contributed by atoms with Gasteiger partial charge in [0, 0.05) is 35.9 Å². The normalized spacial score (nSPS) is 9.91. The SMILES string of the molecule is C=C(C)/C=C(\C=C(C)C)c1cc(-c2cccnc2)cc(-c2cccnc2)c1.C=CC.C=CC. The first-order chi connectivity index (χ1) is 15.9. The summed E-state index contributed by atoms with van der Waals surface area (Å²) in [4.78, 5) is 8.56. The lowest BCUT2D eigenvalue weighted by atomic mass is 9.93. The molecule has 0 atom stereocenters. The van der Waals surface area contributed by atoms with Gasteiger partial charge in [0.05, 0.1) is 0 Å². The van der Waals surface area contributed by atoms with E-state index in [9.17, 15) is 0 Å². The minimum Gasteiger partial charge on any atom is -0.264 e. The molecule has 3 aromatic rings. The van der Waals surface area contributed by atoms with Gasteiger partial charge >= 0.3 is 0 Å². The van der Waals surface area contributed by atoms with E-state index in [4.69, 9.17) is 0 Å². The van der Waals surface area contributed by atoms with Crippen LogP contribution in [0.1, 0.15) is 40.2 Å². The molecule has 2 aromatic heterocycles. The minimum absolute atomic E-state index is 1.03. The summed E-state index contributed by atoms with van der Waals surface area (Å²) in [5.41, 5.74) is 9.03. The van der Waals surface area contributed by atoms with Gasteiger partial charge in [-0.05, 0) is 87.2 Å². The van der Waals surface area contributed by atoms with Crippen molar-refractivity contribution in [2.45, 2.75) is 34.6 Å². The highest BCUT2D eigenvalue weighted by Crippen LogP contribution is 2.31. The third-order valence-corrected chi connectivity index (χ3v) is 4.10. The highest BCUT2D eigenvalue weighted by atomic mass is 14.6. The Labute approximate surface area is 200 Å². The van der Waals surface area contributed by atoms with Crippen molar-refractivity contribution in [3.05, 3.63) is 128 Å². The molecule has 0 aliphatic carbocycles. The predicted octanol–water partition coefficient (Wildman–Crippen LogP) is 9.12. The zero-order chi connectivity index (χ0) is 24.6. The molecule has 170 valence electrons. The number of rotatable bonds is 5. The second-order valence-electron chi connectivity index (χ2n) is 7.77. The van der Waals surface area contributed by atoms with Crippen molar-refractivity contribution in [3.8, 4) is 22.3 Å². The molecule has 0 aliphatic heterocycles. The fraction of sp³-hybridized carbons (Fsp3) is 0.161. The van der Waals surface area contributed by atoms with Crippen molar-refractivity contribution >= 4 is 5.57 Å². The number of aromatic nitrogens is 2. The van der Waals surface area contributed by atoms with E-state index in [2.05, 4.69) is 86.0 Å². The number of nitrogens with zero attached hydrogens (tertiary/aromatic N) is 2. The van der Waals surface area contributed by atoms with Crippen LogP contribution in [0.15, 0.2) is 122 Å². The zero-order valence-electron chi connectivity index (χ0n) is 20.7. The monoisotopic (exact) mass is 436 g/mol. The fourth-order valence-corrected chi connectivity index (χ4v) is 2.98. The van der Waals surface area contributed by atoms with Gasteiger partial charge in [0.25, 0.3) is 0 Å². The van der Waals surface area contributed by atoms with Gasteiger partial charge < -0.3 is 0 Å². The lowest BCUT2D eigenvalue weighted by Crippen LogP contribution is -1.90. The van der Waals surface area contributed by atoms with Crippen LogP contribution in [0.25, 0.3) is 27.8 Å². The zero-order valence-corrected chi connectivity index (χ0v) is 20.7. The molecular weight excluding hydrogens is 400 g/mol. The van der Waals surface area contributed by atoms with E-state index in [0.29, 0.717) is 0 Å². The molecular formula is C31H36N2. The summed E-state index contributed by atoms with van der Waals surface area (Å²) in [7, 11) is 0. The molecule has 0 saturated carbocycles. The van der Waals surface area contributed by atoms with E-state index in [1.54, 1.807) is 24.5 Å². The van der Waals surface area contributed by atoms with Crippen LogP contribution < -0.4 is 0 Å². The maximum absolute atomic E-state index is 4.28. The molecule has 0 aliphatic rings. The molecule has 0 radical (unpaired) electrons. The molecule has 0 fully saturated rings. The second-order valence-corrected chi connectivity index (χ2v) is 7.77. The standard InChI is InChI=1S/C25H24N2.2C3H6/c1-18(2)11-22(12-19(3)4)25-14-23(20-7-5-9-26-16-20)13-24(15-25)21-8-6-10-27-17-21;2*1-3-2/h5-17H,1H2,2-4H3;2*3H,1H2,2H3/b22-11+;;. The third-order valence-electron chi connectivity index (χ3n) is 4.10. The summed E-state index contributed by atoms with van der Waals surface area (Å²) in [5.74, 6) is 0. The van der Waals surface area contributed by atoms with Crippen LogP contribution in [0, 0.1) is 0 Å². The van der Waals surface area contributed by atoms with Gasteiger partial charge in [0.1, 0.15) is 0 Å². The Hall–Kier alpha value is -3.78. The average Bonchev–Trinajstić information content (AvgIpc) is 2.80.